The summed E-state index contributed by atoms with van der Waals surface area (Å²) in [6.45, 7) is 7.46. The number of Topliss-reactive ketones (excluding diaryl/α,β-unsaturated/α-hetero) is 1. The Hall–Kier alpha value is -2.86. The van der Waals surface area contributed by atoms with Crippen molar-refractivity contribution in [1.29, 1.82) is 0 Å². The first-order valence-corrected chi connectivity index (χ1v) is 10.8. The molecular weight excluding hydrogens is 392 g/mol. The quantitative estimate of drug-likeness (QED) is 0.620. The van der Waals surface area contributed by atoms with Gasteiger partial charge in [-0.25, -0.2) is 0 Å². The lowest BCUT2D eigenvalue weighted by atomic mass is 9.99. The standard InChI is InChI=1S/C25H32N2O4/c1-18-10-12-27(13-11-18)16-21-6-4-20(5-7-21)15-26-25(29)17-31-23-9-8-22(19(2)28)14-24(23)30-3/h4-9,14,18H,10-13,15-17H2,1-3H3,(H,26,29). The van der Waals surface area contributed by atoms with Gasteiger partial charge in [0.1, 0.15) is 0 Å². The van der Waals surface area contributed by atoms with Gasteiger partial charge in [0, 0.05) is 18.7 Å². The molecule has 2 aromatic rings. The molecule has 3 rings (SSSR count). The van der Waals surface area contributed by atoms with Crippen molar-refractivity contribution in [2.75, 3.05) is 26.8 Å². The number of carbonyl (C=O) groups is 2. The SMILES string of the molecule is COc1cc(C(C)=O)ccc1OCC(=O)NCc1ccc(CN2CCC(C)CC2)cc1. The van der Waals surface area contributed by atoms with Gasteiger partial charge in [-0.3, -0.25) is 14.5 Å². The van der Waals surface area contributed by atoms with Crippen molar-refractivity contribution in [3.8, 4) is 11.5 Å². The number of hydrogen-bond donors (Lipinski definition) is 1. The molecule has 0 saturated carbocycles. The first-order valence-electron chi connectivity index (χ1n) is 10.8. The fourth-order valence-corrected chi connectivity index (χ4v) is 3.64. The van der Waals surface area contributed by atoms with Crippen LogP contribution in [0.4, 0.5) is 0 Å². The fourth-order valence-electron chi connectivity index (χ4n) is 3.64. The van der Waals surface area contributed by atoms with E-state index in [0.29, 0.717) is 23.6 Å². The average Bonchev–Trinajstić information content (AvgIpc) is 2.78. The molecule has 0 atom stereocenters. The minimum Gasteiger partial charge on any atom is -0.493 e. The molecule has 1 heterocycles. The number of nitrogens with one attached hydrogen (secondary N) is 1. The Morgan fingerprint density at radius 2 is 1.71 bits per heavy atom. The average molecular weight is 425 g/mol. The lowest BCUT2D eigenvalue weighted by molar-refractivity contribution is -0.123. The highest BCUT2D eigenvalue weighted by Gasteiger charge is 2.15. The molecular formula is C25H32N2O4. The van der Waals surface area contributed by atoms with Gasteiger partial charge in [0.2, 0.25) is 0 Å². The van der Waals surface area contributed by atoms with Gasteiger partial charge in [-0.15, -0.1) is 0 Å². The highest BCUT2D eigenvalue weighted by molar-refractivity contribution is 5.94. The zero-order valence-corrected chi connectivity index (χ0v) is 18.6. The lowest BCUT2D eigenvalue weighted by Gasteiger charge is -2.30. The summed E-state index contributed by atoms with van der Waals surface area (Å²) in [6.07, 6.45) is 2.55. The number of rotatable bonds is 9. The number of piperidine rings is 1. The second-order valence-corrected chi connectivity index (χ2v) is 8.26. The van der Waals surface area contributed by atoms with Crippen LogP contribution >= 0.6 is 0 Å². The summed E-state index contributed by atoms with van der Waals surface area (Å²) in [5.74, 6) is 1.42. The second kappa shape index (κ2) is 11.0. The van der Waals surface area contributed by atoms with Gasteiger partial charge in [-0.1, -0.05) is 31.2 Å². The maximum atomic E-state index is 12.2. The van der Waals surface area contributed by atoms with Crippen molar-refractivity contribution in [3.63, 3.8) is 0 Å². The van der Waals surface area contributed by atoms with Crippen molar-refractivity contribution in [2.24, 2.45) is 5.92 Å². The zero-order valence-electron chi connectivity index (χ0n) is 18.6. The van der Waals surface area contributed by atoms with Crippen molar-refractivity contribution in [1.82, 2.24) is 10.2 Å². The van der Waals surface area contributed by atoms with Gasteiger partial charge in [0.25, 0.3) is 5.91 Å². The van der Waals surface area contributed by atoms with Crippen LogP contribution in [0.2, 0.25) is 0 Å². The molecule has 1 N–H and O–H groups in total. The van der Waals surface area contributed by atoms with Crippen LogP contribution in [0.3, 0.4) is 0 Å². The normalized spacial score (nSPS) is 14.8. The number of nitrogens with zero attached hydrogens (tertiary/aromatic N) is 1. The summed E-state index contributed by atoms with van der Waals surface area (Å²) >= 11 is 0. The van der Waals surface area contributed by atoms with Crippen molar-refractivity contribution >= 4 is 11.7 Å². The molecule has 166 valence electrons. The number of likely N-dealkylation sites (tertiary alicyclic amines) is 1. The smallest absolute Gasteiger partial charge is 0.258 e. The first-order chi connectivity index (χ1) is 14.9. The molecule has 1 aliphatic rings. The number of ether oxygens (including phenoxy) is 2. The minimum atomic E-state index is -0.218. The molecule has 31 heavy (non-hydrogen) atoms. The van der Waals surface area contributed by atoms with Crippen LogP contribution in [0.15, 0.2) is 42.5 Å². The third-order valence-electron chi connectivity index (χ3n) is 5.72. The number of hydrogen-bond acceptors (Lipinski definition) is 5. The van der Waals surface area contributed by atoms with E-state index >= 15 is 0 Å². The van der Waals surface area contributed by atoms with Crippen molar-refractivity contribution in [3.05, 3.63) is 59.2 Å². The second-order valence-electron chi connectivity index (χ2n) is 8.26. The molecule has 0 aliphatic carbocycles. The van der Waals surface area contributed by atoms with E-state index in [4.69, 9.17) is 9.47 Å². The Balaban J connectivity index is 1.44. The van der Waals surface area contributed by atoms with E-state index in [-0.39, 0.29) is 18.3 Å². The zero-order chi connectivity index (χ0) is 22.2. The molecule has 1 amide bonds. The Morgan fingerprint density at radius 3 is 2.35 bits per heavy atom. The molecule has 0 unspecified atom stereocenters. The Kier molecular flexibility index (Phi) is 8.06. The third kappa shape index (κ3) is 6.82. The molecule has 1 saturated heterocycles. The summed E-state index contributed by atoms with van der Waals surface area (Å²) in [5, 5.41) is 2.87. The number of benzene rings is 2. The maximum Gasteiger partial charge on any atom is 0.258 e. The first kappa shape index (κ1) is 22.8. The predicted molar refractivity (Wildman–Crippen MR) is 120 cm³/mol. The fraction of sp³-hybridized carbons (Fsp3) is 0.440. The van der Waals surface area contributed by atoms with E-state index in [2.05, 4.69) is 41.4 Å². The van der Waals surface area contributed by atoms with Crippen LogP contribution in [0, 0.1) is 5.92 Å². The highest BCUT2D eigenvalue weighted by atomic mass is 16.5. The largest absolute Gasteiger partial charge is 0.493 e. The highest BCUT2D eigenvalue weighted by Crippen LogP contribution is 2.28. The van der Waals surface area contributed by atoms with Gasteiger partial charge < -0.3 is 14.8 Å². The number of ketones is 1. The van der Waals surface area contributed by atoms with Crippen LogP contribution in [-0.4, -0.2) is 43.4 Å². The summed E-state index contributed by atoms with van der Waals surface area (Å²) in [7, 11) is 1.50. The molecule has 1 aliphatic heterocycles. The Morgan fingerprint density at radius 1 is 1.03 bits per heavy atom. The van der Waals surface area contributed by atoms with E-state index in [1.54, 1.807) is 18.2 Å². The summed E-state index contributed by atoms with van der Waals surface area (Å²) in [6, 6.07) is 13.3. The van der Waals surface area contributed by atoms with E-state index in [0.717, 1.165) is 18.0 Å². The maximum absolute atomic E-state index is 12.2. The van der Waals surface area contributed by atoms with Crippen LogP contribution in [-0.2, 0) is 17.9 Å². The molecule has 0 radical (unpaired) electrons. The Bertz CT molecular complexity index is 887. The molecule has 6 heteroatoms. The van der Waals surface area contributed by atoms with E-state index < -0.39 is 0 Å². The van der Waals surface area contributed by atoms with E-state index in [1.165, 1.54) is 45.5 Å². The third-order valence-corrected chi connectivity index (χ3v) is 5.72. The van der Waals surface area contributed by atoms with E-state index in [9.17, 15) is 9.59 Å². The summed E-state index contributed by atoms with van der Waals surface area (Å²) in [5.41, 5.74) is 2.88. The van der Waals surface area contributed by atoms with Crippen LogP contribution < -0.4 is 14.8 Å². The van der Waals surface area contributed by atoms with Crippen molar-refractivity contribution < 1.29 is 19.1 Å². The monoisotopic (exact) mass is 424 g/mol. The van der Waals surface area contributed by atoms with Gasteiger partial charge in [-0.05, 0) is 68.1 Å². The van der Waals surface area contributed by atoms with Crippen LogP contribution in [0.25, 0.3) is 0 Å². The van der Waals surface area contributed by atoms with Gasteiger partial charge in [0.15, 0.2) is 23.9 Å². The topological polar surface area (TPSA) is 67.9 Å². The minimum absolute atomic E-state index is 0.0564. The van der Waals surface area contributed by atoms with Gasteiger partial charge in [-0.2, -0.15) is 0 Å². The Labute approximate surface area is 184 Å². The molecule has 6 nitrogen and oxygen atoms in total. The predicted octanol–water partition coefficient (Wildman–Crippen LogP) is 3.82. The number of methoxy groups -OCH3 is 1. The number of amides is 1. The molecule has 0 aromatic heterocycles. The van der Waals surface area contributed by atoms with Gasteiger partial charge >= 0.3 is 0 Å². The van der Waals surface area contributed by atoms with E-state index in [1.807, 2.05) is 0 Å². The molecule has 0 spiro atoms. The molecule has 0 bridgehead atoms. The number of carbonyl (C=O) groups excluding carboxylic acids is 2. The summed E-state index contributed by atoms with van der Waals surface area (Å²) in [4.78, 5) is 26.2. The molecule has 1 fully saturated rings. The lowest BCUT2D eigenvalue weighted by Crippen LogP contribution is -2.32. The molecule has 2 aromatic carbocycles. The van der Waals surface area contributed by atoms with Crippen molar-refractivity contribution in [2.45, 2.75) is 39.8 Å². The van der Waals surface area contributed by atoms with Crippen LogP contribution in [0.5, 0.6) is 11.5 Å². The van der Waals surface area contributed by atoms with Gasteiger partial charge in [0.05, 0.1) is 7.11 Å². The van der Waals surface area contributed by atoms with Crippen LogP contribution in [0.1, 0.15) is 48.2 Å². The summed E-state index contributed by atoms with van der Waals surface area (Å²) < 4.78 is 10.8.